The van der Waals surface area contributed by atoms with Crippen LogP contribution in [0.5, 0.6) is 0 Å². The minimum absolute atomic E-state index is 0.725. The second-order valence-corrected chi connectivity index (χ2v) is 3.11. The Morgan fingerprint density at radius 3 is 2.60 bits per heavy atom. The zero-order valence-corrected chi connectivity index (χ0v) is 7.91. The molecule has 1 atom stereocenters. The molecule has 1 heteroatoms. The summed E-state index contributed by atoms with van der Waals surface area (Å²) in [5, 5.41) is 0. The Bertz CT molecular complexity index is 105. The monoisotopic (exact) mass is 160 g/mol. The number of halogens is 1. The number of hydrogen-bond acceptors (Lipinski definition) is 0. The van der Waals surface area contributed by atoms with Crippen molar-refractivity contribution in [2.24, 2.45) is 5.92 Å². The summed E-state index contributed by atoms with van der Waals surface area (Å²) >= 11 is 5.55. The molecule has 0 rings (SSSR count). The van der Waals surface area contributed by atoms with Gasteiger partial charge in [-0.2, -0.15) is 0 Å². The van der Waals surface area contributed by atoms with Gasteiger partial charge in [0, 0.05) is 5.88 Å². The van der Waals surface area contributed by atoms with Gasteiger partial charge in [0.05, 0.1) is 0 Å². The second kappa shape index (κ2) is 5.79. The van der Waals surface area contributed by atoms with E-state index in [0.717, 1.165) is 18.2 Å². The topological polar surface area (TPSA) is 0 Å². The van der Waals surface area contributed by atoms with E-state index in [9.17, 15) is 0 Å². The van der Waals surface area contributed by atoms with Gasteiger partial charge in [-0.3, -0.25) is 0 Å². The molecule has 60 valence electrons. The Morgan fingerprint density at radius 2 is 2.20 bits per heavy atom. The summed E-state index contributed by atoms with van der Waals surface area (Å²) in [7, 11) is 0. The van der Waals surface area contributed by atoms with Crippen molar-refractivity contribution in [2.45, 2.75) is 33.6 Å². The van der Waals surface area contributed by atoms with Crippen LogP contribution in [-0.2, 0) is 0 Å². The first-order chi connectivity index (χ1) is 4.72. The fourth-order valence-electron chi connectivity index (χ4n) is 0.805. The van der Waals surface area contributed by atoms with Crippen molar-refractivity contribution in [2.75, 3.05) is 5.88 Å². The van der Waals surface area contributed by atoms with Gasteiger partial charge in [0.15, 0.2) is 0 Å². The lowest BCUT2D eigenvalue weighted by molar-refractivity contribution is 0.652. The fourth-order valence-corrected chi connectivity index (χ4v) is 0.914. The van der Waals surface area contributed by atoms with Crippen LogP contribution in [0.3, 0.4) is 0 Å². The van der Waals surface area contributed by atoms with E-state index >= 15 is 0 Å². The Hall–Kier alpha value is 0.0300. The lowest BCUT2D eigenvalue weighted by atomic mass is 9.99. The maximum Gasteiger partial charge on any atom is 0.0258 e. The van der Waals surface area contributed by atoms with Crippen molar-refractivity contribution >= 4 is 11.6 Å². The summed E-state index contributed by atoms with van der Waals surface area (Å²) in [5.41, 5.74) is 1.48. The molecule has 0 aromatic heterocycles. The SMILES string of the molecule is CCC(C)C(C)=CCCCl. The Kier molecular flexibility index (Phi) is 5.81. The maximum absolute atomic E-state index is 5.55. The second-order valence-electron chi connectivity index (χ2n) is 2.74. The molecule has 0 amide bonds. The molecule has 0 saturated carbocycles. The van der Waals surface area contributed by atoms with Crippen molar-refractivity contribution < 1.29 is 0 Å². The molecule has 0 aliphatic carbocycles. The van der Waals surface area contributed by atoms with Crippen LogP contribution in [0.1, 0.15) is 33.6 Å². The third-order valence-electron chi connectivity index (χ3n) is 1.97. The standard InChI is InChI=1S/C9H17Cl/c1-4-8(2)9(3)6-5-7-10/h6,8H,4-5,7H2,1-3H3. The molecule has 0 saturated heterocycles. The van der Waals surface area contributed by atoms with Crippen LogP contribution in [-0.4, -0.2) is 5.88 Å². The normalized spacial score (nSPS) is 15.4. The highest BCUT2D eigenvalue weighted by Crippen LogP contribution is 2.13. The molecule has 10 heavy (non-hydrogen) atoms. The van der Waals surface area contributed by atoms with Crippen LogP contribution in [0.2, 0.25) is 0 Å². The smallest absolute Gasteiger partial charge is 0.0258 e. The van der Waals surface area contributed by atoms with Crippen LogP contribution >= 0.6 is 11.6 Å². The number of hydrogen-bond donors (Lipinski definition) is 0. The number of alkyl halides is 1. The van der Waals surface area contributed by atoms with Crippen LogP contribution in [0, 0.1) is 5.92 Å². The molecule has 0 bridgehead atoms. The van der Waals surface area contributed by atoms with Gasteiger partial charge in [-0.05, 0) is 25.7 Å². The van der Waals surface area contributed by atoms with Crippen molar-refractivity contribution in [1.82, 2.24) is 0 Å². The summed E-state index contributed by atoms with van der Waals surface area (Å²) in [4.78, 5) is 0. The van der Waals surface area contributed by atoms with E-state index in [1.807, 2.05) is 0 Å². The van der Waals surface area contributed by atoms with Crippen LogP contribution < -0.4 is 0 Å². The molecular formula is C9H17Cl. The van der Waals surface area contributed by atoms with Gasteiger partial charge in [-0.15, -0.1) is 11.6 Å². The molecule has 0 aliphatic rings. The average Bonchev–Trinajstić information content (AvgIpc) is 1.98. The van der Waals surface area contributed by atoms with Gasteiger partial charge >= 0.3 is 0 Å². The van der Waals surface area contributed by atoms with E-state index in [2.05, 4.69) is 26.8 Å². The highest BCUT2D eigenvalue weighted by molar-refractivity contribution is 6.17. The first-order valence-electron chi connectivity index (χ1n) is 3.95. The zero-order valence-electron chi connectivity index (χ0n) is 7.15. The van der Waals surface area contributed by atoms with Gasteiger partial charge in [-0.25, -0.2) is 0 Å². The van der Waals surface area contributed by atoms with Gasteiger partial charge in [-0.1, -0.05) is 25.5 Å². The molecule has 0 nitrogen and oxygen atoms in total. The molecule has 0 spiro atoms. The minimum Gasteiger partial charge on any atom is -0.126 e. The molecule has 0 radical (unpaired) electrons. The van der Waals surface area contributed by atoms with Crippen LogP contribution in [0.4, 0.5) is 0 Å². The Balaban J connectivity index is 3.67. The summed E-state index contributed by atoms with van der Waals surface area (Å²) in [5.74, 6) is 1.47. The Labute approximate surface area is 69.3 Å². The van der Waals surface area contributed by atoms with Gasteiger partial charge in [0.1, 0.15) is 0 Å². The highest BCUT2D eigenvalue weighted by atomic mass is 35.5. The van der Waals surface area contributed by atoms with Crippen LogP contribution in [0.15, 0.2) is 11.6 Å². The van der Waals surface area contributed by atoms with Crippen LogP contribution in [0.25, 0.3) is 0 Å². The highest BCUT2D eigenvalue weighted by Gasteiger charge is 1.98. The third kappa shape index (κ3) is 3.94. The van der Waals surface area contributed by atoms with Crippen molar-refractivity contribution in [3.8, 4) is 0 Å². The summed E-state index contributed by atoms with van der Waals surface area (Å²) in [6.07, 6.45) is 4.48. The molecule has 0 fully saturated rings. The molecule has 0 aliphatic heterocycles. The van der Waals surface area contributed by atoms with Gasteiger partial charge in [0.25, 0.3) is 0 Å². The molecule has 0 heterocycles. The maximum atomic E-state index is 5.55. The molecular weight excluding hydrogens is 144 g/mol. The van der Waals surface area contributed by atoms with E-state index in [4.69, 9.17) is 11.6 Å². The Morgan fingerprint density at radius 1 is 1.60 bits per heavy atom. The van der Waals surface area contributed by atoms with Gasteiger partial charge in [0.2, 0.25) is 0 Å². The van der Waals surface area contributed by atoms with Gasteiger partial charge < -0.3 is 0 Å². The lowest BCUT2D eigenvalue weighted by Gasteiger charge is -2.07. The molecule has 0 aromatic rings. The molecule has 1 unspecified atom stereocenters. The fraction of sp³-hybridized carbons (Fsp3) is 0.778. The number of allylic oxidation sites excluding steroid dienone is 2. The average molecular weight is 161 g/mol. The van der Waals surface area contributed by atoms with E-state index in [1.165, 1.54) is 12.0 Å². The van der Waals surface area contributed by atoms with E-state index in [1.54, 1.807) is 0 Å². The third-order valence-corrected chi connectivity index (χ3v) is 2.18. The van der Waals surface area contributed by atoms with E-state index in [-0.39, 0.29) is 0 Å². The van der Waals surface area contributed by atoms with Crippen molar-refractivity contribution in [1.29, 1.82) is 0 Å². The molecule has 0 N–H and O–H groups in total. The first kappa shape index (κ1) is 10.0. The lowest BCUT2D eigenvalue weighted by Crippen LogP contribution is -1.93. The zero-order chi connectivity index (χ0) is 7.98. The van der Waals surface area contributed by atoms with E-state index in [0.29, 0.717) is 0 Å². The van der Waals surface area contributed by atoms with Crippen molar-refractivity contribution in [3.63, 3.8) is 0 Å². The largest absolute Gasteiger partial charge is 0.126 e. The quantitative estimate of drug-likeness (QED) is 0.436. The first-order valence-corrected chi connectivity index (χ1v) is 4.48. The predicted molar refractivity (Wildman–Crippen MR) is 48.5 cm³/mol. The number of rotatable bonds is 4. The summed E-state index contributed by atoms with van der Waals surface area (Å²) in [6.45, 7) is 6.64. The van der Waals surface area contributed by atoms with E-state index < -0.39 is 0 Å². The summed E-state index contributed by atoms with van der Waals surface area (Å²) in [6, 6.07) is 0. The summed E-state index contributed by atoms with van der Waals surface area (Å²) < 4.78 is 0. The van der Waals surface area contributed by atoms with Crippen molar-refractivity contribution in [3.05, 3.63) is 11.6 Å². The molecule has 0 aromatic carbocycles. The predicted octanol–water partition coefficient (Wildman–Crippen LogP) is 3.61. The minimum atomic E-state index is 0.725.